The monoisotopic (exact) mass is 226 g/mol. The van der Waals surface area contributed by atoms with Gasteiger partial charge < -0.3 is 10.5 Å². The summed E-state index contributed by atoms with van der Waals surface area (Å²) in [7, 11) is 0. The van der Waals surface area contributed by atoms with Gasteiger partial charge in [-0.15, -0.1) is 0 Å². The largest absolute Gasteiger partial charge is 0.508 e. The number of nitrogens with one attached hydrogen (secondary N) is 1. The van der Waals surface area contributed by atoms with Gasteiger partial charge in [0, 0.05) is 19.2 Å². The maximum absolute atomic E-state index is 9.41. The lowest BCUT2D eigenvalue weighted by atomic mass is 10.2. The summed E-state index contributed by atoms with van der Waals surface area (Å²) in [5, 5.41) is 11.6. The quantitative estimate of drug-likeness (QED) is 0.826. The van der Waals surface area contributed by atoms with E-state index in [2.05, 4.69) is 22.6 Å². The third-order valence-corrected chi connectivity index (χ3v) is 2.95. The first-order chi connectivity index (χ1) is 8.31. The van der Waals surface area contributed by atoms with Crippen molar-refractivity contribution >= 4 is 5.69 Å². The fourth-order valence-corrected chi connectivity index (χ4v) is 2.12. The Morgan fingerprint density at radius 3 is 2.76 bits per heavy atom. The predicted molar refractivity (Wildman–Crippen MR) is 67.4 cm³/mol. The smallest absolute Gasteiger partial charge is 0.117 e. The second kappa shape index (κ2) is 4.11. The van der Waals surface area contributed by atoms with Crippen molar-refractivity contribution in [2.24, 2.45) is 0 Å². The predicted octanol–water partition coefficient (Wildman–Crippen LogP) is 2.73. The number of anilines is 1. The highest BCUT2D eigenvalue weighted by Crippen LogP contribution is 2.29. The third kappa shape index (κ3) is 2.10. The SMILES string of the molecule is Oc1ccc2c(c1)NN(Cc1ccccc1)C2. The molecule has 1 heterocycles. The van der Waals surface area contributed by atoms with E-state index in [1.807, 2.05) is 24.3 Å². The lowest BCUT2D eigenvalue weighted by Gasteiger charge is -2.15. The maximum Gasteiger partial charge on any atom is 0.117 e. The molecule has 0 unspecified atom stereocenters. The average molecular weight is 226 g/mol. The molecule has 0 atom stereocenters. The highest BCUT2D eigenvalue weighted by molar-refractivity contribution is 5.57. The highest BCUT2D eigenvalue weighted by atomic mass is 16.3. The minimum absolute atomic E-state index is 0.304. The molecule has 1 aliphatic rings. The standard InChI is InChI=1S/C14H14N2O/c17-13-7-6-12-10-16(15-14(12)8-13)9-11-4-2-1-3-5-11/h1-8,15,17H,9-10H2. The zero-order valence-electron chi connectivity index (χ0n) is 9.43. The number of phenolic OH excluding ortho intramolecular Hbond substituents is 1. The topological polar surface area (TPSA) is 35.5 Å². The first kappa shape index (κ1) is 10.2. The molecule has 0 aromatic heterocycles. The van der Waals surface area contributed by atoms with Gasteiger partial charge in [-0.25, -0.2) is 5.01 Å². The molecule has 0 radical (unpaired) electrons. The minimum atomic E-state index is 0.304. The van der Waals surface area contributed by atoms with E-state index in [-0.39, 0.29) is 0 Å². The zero-order chi connectivity index (χ0) is 11.7. The number of aromatic hydroxyl groups is 1. The maximum atomic E-state index is 9.41. The summed E-state index contributed by atoms with van der Waals surface area (Å²) in [6, 6.07) is 15.8. The van der Waals surface area contributed by atoms with Crippen molar-refractivity contribution in [3.05, 3.63) is 59.7 Å². The van der Waals surface area contributed by atoms with Crippen LogP contribution in [0.3, 0.4) is 0 Å². The Bertz CT molecular complexity index is 525. The Morgan fingerprint density at radius 2 is 1.94 bits per heavy atom. The molecule has 0 fully saturated rings. The number of fused-ring (bicyclic) bond motifs is 1. The molecule has 3 heteroatoms. The van der Waals surface area contributed by atoms with E-state index in [0.717, 1.165) is 18.8 Å². The van der Waals surface area contributed by atoms with Gasteiger partial charge in [0.25, 0.3) is 0 Å². The zero-order valence-corrected chi connectivity index (χ0v) is 9.43. The molecule has 0 amide bonds. The van der Waals surface area contributed by atoms with Crippen LogP contribution in [0.2, 0.25) is 0 Å². The molecule has 0 saturated heterocycles. The number of hydrogen-bond donors (Lipinski definition) is 2. The van der Waals surface area contributed by atoms with Crippen molar-refractivity contribution in [3.63, 3.8) is 0 Å². The lowest BCUT2D eigenvalue weighted by molar-refractivity contribution is 0.335. The molecule has 2 aromatic carbocycles. The molecule has 3 nitrogen and oxygen atoms in total. The Kier molecular flexibility index (Phi) is 2.46. The van der Waals surface area contributed by atoms with E-state index in [0.29, 0.717) is 5.75 Å². The van der Waals surface area contributed by atoms with Gasteiger partial charge in [0.15, 0.2) is 0 Å². The summed E-state index contributed by atoms with van der Waals surface area (Å²) in [4.78, 5) is 0. The summed E-state index contributed by atoms with van der Waals surface area (Å²) < 4.78 is 0. The molecule has 0 bridgehead atoms. The third-order valence-electron chi connectivity index (χ3n) is 2.95. The van der Waals surface area contributed by atoms with Crippen LogP contribution < -0.4 is 5.43 Å². The molecule has 0 aliphatic carbocycles. The Hall–Kier alpha value is -2.00. The highest BCUT2D eigenvalue weighted by Gasteiger charge is 2.18. The van der Waals surface area contributed by atoms with Gasteiger partial charge in [-0.1, -0.05) is 36.4 Å². The summed E-state index contributed by atoms with van der Waals surface area (Å²) in [6.45, 7) is 1.72. The van der Waals surface area contributed by atoms with Gasteiger partial charge in [0.2, 0.25) is 0 Å². The van der Waals surface area contributed by atoms with Crippen LogP contribution in [0.25, 0.3) is 0 Å². The van der Waals surface area contributed by atoms with Crippen LogP contribution in [0, 0.1) is 0 Å². The van der Waals surface area contributed by atoms with Crippen LogP contribution in [-0.4, -0.2) is 10.1 Å². The average Bonchev–Trinajstić information content (AvgIpc) is 2.71. The molecule has 0 saturated carbocycles. The van der Waals surface area contributed by atoms with Crippen molar-refractivity contribution in [3.8, 4) is 5.75 Å². The minimum Gasteiger partial charge on any atom is -0.508 e. The first-order valence-electron chi connectivity index (χ1n) is 5.69. The molecule has 2 aromatic rings. The second-order valence-electron chi connectivity index (χ2n) is 4.29. The van der Waals surface area contributed by atoms with Gasteiger partial charge in [0.1, 0.15) is 5.75 Å². The number of rotatable bonds is 2. The summed E-state index contributed by atoms with van der Waals surface area (Å²) in [6.07, 6.45) is 0. The second-order valence-corrected chi connectivity index (χ2v) is 4.29. The summed E-state index contributed by atoms with van der Waals surface area (Å²) in [5.74, 6) is 0.304. The van der Waals surface area contributed by atoms with Crippen molar-refractivity contribution < 1.29 is 5.11 Å². The Morgan fingerprint density at radius 1 is 1.12 bits per heavy atom. The normalized spacial score (nSPS) is 14.4. The summed E-state index contributed by atoms with van der Waals surface area (Å²) >= 11 is 0. The van der Waals surface area contributed by atoms with E-state index < -0.39 is 0 Å². The van der Waals surface area contributed by atoms with Crippen molar-refractivity contribution in [1.82, 2.24) is 5.01 Å². The lowest BCUT2D eigenvalue weighted by Crippen LogP contribution is -2.22. The Labute approximate surface area is 100 Å². The summed E-state index contributed by atoms with van der Waals surface area (Å²) in [5.41, 5.74) is 6.79. The number of phenols is 1. The van der Waals surface area contributed by atoms with Crippen LogP contribution in [-0.2, 0) is 13.1 Å². The number of hydrazine groups is 1. The number of nitrogens with zero attached hydrogens (tertiary/aromatic N) is 1. The van der Waals surface area contributed by atoms with Crippen LogP contribution in [0.5, 0.6) is 5.75 Å². The molecule has 3 rings (SSSR count). The van der Waals surface area contributed by atoms with Gasteiger partial charge in [-0.2, -0.15) is 0 Å². The van der Waals surface area contributed by atoms with Crippen molar-refractivity contribution in [2.75, 3.05) is 5.43 Å². The van der Waals surface area contributed by atoms with E-state index in [9.17, 15) is 5.11 Å². The first-order valence-corrected chi connectivity index (χ1v) is 5.69. The van der Waals surface area contributed by atoms with E-state index in [1.165, 1.54) is 11.1 Å². The molecule has 86 valence electrons. The molecule has 1 aliphatic heterocycles. The fraction of sp³-hybridized carbons (Fsp3) is 0.143. The van der Waals surface area contributed by atoms with Crippen molar-refractivity contribution in [1.29, 1.82) is 0 Å². The van der Waals surface area contributed by atoms with Gasteiger partial charge in [-0.3, -0.25) is 0 Å². The number of hydrogen-bond acceptors (Lipinski definition) is 3. The Balaban J connectivity index is 1.74. The van der Waals surface area contributed by atoms with Gasteiger partial charge in [0.05, 0.1) is 5.69 Å². The van der Waals surface area contributed by atoms with Gasteiger partial charge >= 0.3 is 0 Å². The van der Waals surface area contributed by atoms with E-state index >= 15 is 0 Å². The molecule has 2 N–H and O–H groups in total. The number of benzene rings is 2. The molecule has 0 spiro atoms. The molecular formula is C14H14N2O. The van der Waals surface area contributed by atoms with Crippen LogP contribution in [0.4, 0.5) is 5.69 Å². The van der Waals surface area contributed by atoms with Crippen LogP contribution in [0.1, 0.15) is 11.1 Å². The fourth-order valence-electron chi connectivity index (χ4n) is 2.12. The van der Waals surface area contributed by atoms with E-state index in [4.69, 9.17) is 0 Å². The van der Waals surface area contributed by atoms with Crippen LogP contribution in [0.15, 0.2) is 48.5 Å². The van der Waals surface area contributed by atoms with Gasteiger partial charge in [-0.05, 0) is 17.2 Å². The van der Waals surface area contributed by atoms with Crippen LogP contribution >= 0.6 is 0 Å². The molecular weight excluding hydrogens is 212 g/mol. The molecule has 17 heavy (non-hydrogen) atoms. The van der Waals surface area contributed by atoms with Crippen molar-refractivity contribution in [2.45, 2.75) is 13.1 Å². The van der Waals surface area contributed by atoms with E-state index in [1.54, 1.807) is 12.1 Å².